The Kier molecular flexibility index (Phi) is 2.68. The summed E-state index contributed by atoms with van der Waals surface area (Å²) in [6, 6.07) is 7.30. The SMILES string of the molecule is Cn1cc(-c2ccc3[nH]c(CN)cc(=O)c3c2)cn1. The van der Waals surface area contributed by atoms with Crippen molar-refractivity contribution in [3.63, 3.8) is 0 Å². The van der Waals surface area contributed by atoms with Crippen molar-refractivity contribution >= 4 is 10.9 Å². The van der Waals surface area contributed by atoms with Gasteiger partial charge in [0, 0.05) is 48.0 Å². The smallest absolute Gasteiger partial charge is 0.189 e. The van der Waals surface area contributed by atoms with Crippen LogP contribution in [0.5, 0.6) is 0 Å². The molecule has 3 rings (SSSR count). The number of aromatic amines is 1. The van der Waals surface area contributed by atoms with Crippen LogP contribution < -0.4 is 11.2 Å². The third-order valence-corrected chi connectivity index (χ3v) is 3.14. The lowest BCUT2D eigenvalue weighted by molar-refractivity contribution is 0.768. The number of hydrogen-bond acceptors (Lipinski definition) is 3. The quantitative estimate of drug-likeness (QED) is 0.725. The zero-order chi connectivity index (χ0) is 13.4. The molecule has 1 aromatic carbocycles. The van der Waals surface area contributed by atoms with Crippen molar-refractivity contribution in [2.24, 2.45) is 12.8 Å². The largest absolute Gasteiger partial charge is 0.357 e. The number of aromatic nitrogens is 3. The van der Waals surface area contributed by atoms with Crippen LogP contribution in [0.25, 0.3) is 22.0 Å². The number of nitrogens with two attached hydrogens (primary N) is 1. The molecule has 0 amide bonds. The average Bonchev–Trinajstić information content (AvgIpc) is 2.85. The van der Waals surface area contributed by atoms with Gasteiger partial charge >= 0.3 is 0 Å². The first-order valence-electron chi connectivity index (χ1n) is 6.02. The van der Waals surface area contributed by atoms with Gasteiger partial charge in [0.05, 0.1) is 6.20 Å². The molecule has 0 saturated heterocycles. The summed E-state index contributed by atoms with van der Waals surface area (Å²) < 4.78 is 1.74. The number of nitrogens with one attached hydrogen (secondary N) is 1. The summed E-state index contributed by atoms with van der Waals surface area (Å²) in [6.07, 6.45) is 3.70. The maximum Gasteiger partial charge on any atom is 0.189 e. The molecule has 3 aromatic rings. The first-order chi connectivity index (χ1) is 9.17. The Hall–Kier alpha value is -2.40. The van der Waals surface area contributed by atoms with Gasteiger partial charge < -0.3 is 10.7 Å². The number of fused-ring (bicyclic) bond motifs is 1. The summed E-state index contributed by atoms with van der Waals surface area (Å²) in [6.45, 7) is 0.329. The van der Waals surface area contributed by atoms with Crippen LogP contribution in [0.15, 0.2) is 41.5 Å². The second-order valence-electron chi connectivity index (χ2n) is 4.53. The molecule has 0 unspecified atom stereocenters. The standard InChI is InChI=1S/C14H14N4O/c1-18-8-10(7-16-18)9-2-3-13-12(4-9)14(19)5-11(6-15)17-13/h2-5,7-8H,6,15H2,1H3,(H,17,19). The number of nitrogens with zero attached hydrogens (tertiary/aromatic N) is 2. The van der Waals surface area contributed by atoms with Gasteiger partial charge in [-0.3, -0.25) is 9.48 Å². The summed E-state index contributed by atoms with van der Waals surface area (Å²) in [5.74, 6) is 0. The molecule has 2 heterocycles. The summed E-state index contributed by atoms with van der Waals surface area (Å²) in [4.78, 5) is 15.2. The number of rotatable bonds is 2. The first-order valence-corrected chi connectivity index (χ1v) is 6.02. The van der Waals surface area contributed by atoms with Gasteiger partial charge in [-0.15, -0.1) is 0 Å². The first kappa shape index (κ1) is 11.7. The van der Waals surface area contributed by atoms with Crippen LogP contribution in [0.2, 0.25) is 0 Å². The molecule has 0 aliphatic rings. The van der Waals surface area contributed by atoms with Crippen LogP contribution in [-0.2, 0) is 13.6 Å². The number of benzene rings is 1. The van der Waals surface area contributed by atoms with E-state index in [0.29, 0.717) is 11.9 Å². The number of hydrogen-bond donors (Lipinski definition) is 2. The zero-order valence-corrected chi connectivity index (χ0v) is 10.6. The van der Waals surface area contributed by atoms with Gasteiger partial charge in [-0.05, 0) is 17.7 Å². The fraction of sp³-hybridized carbons (Fsp3) is 0.143. The molecule has 96 valence electrons. The Bertz CT molecular complexity index is 801. The van der Waals surface area contributed by atoms with E-state index in [0.717, 1.165) is 22.3 Å². The van der Waals surface area contributed by atoms with E-state index >= 15 is 0 Å². The molecule has 0 atom stereocenters. The van der Waals surface area contributed by atoms with Crippen molar-refractivity contribution in [1.82, 2.24) is 14.8 Å². The lowest BCUT2D eigenvalue weighted by Gasteiger charge is -2.04. The summed E-state index contributed by atoms with van der Waals surface area (Å²) >= 11 is 0. The topological polar surface area (TPSA) is 76.7 Å². The maximum absolute atomic E-state index is 12.1. The van der Waals surface area contributed by atoms with Gasteiger partial charge in [0.15, 0.2) is 5.43 Å². The normalized spacial score (nSPS) is 11.1. The molecule has 0 aliphatic heterocycles. The molecule has 5 nitrogen and oxygen atoms in total. The summed E-state index contributed by atoms with van der Waals surface area (Å²) in [5, 5.41) is 4.80. The molecule has 0 bridgehead atoms. The highest BCUT2D eigenvalue weighted by Crippen LogP contribution is 2.21. The van der Waals surface area contributed by atoms with Crippen molar-refractivity contribution in [3.8, 4) is 11.1 Å². The Morgan fingerprint density at radius 3 is 2.84 bits per heavy atom. The van der Waals surface area contributed by atoms with Crippen molar-refractivity contribution in [2.75, 3.05) is 0 Å². The molecule has 3 N–H and O–H groups in total. The Morgan fingerprint density at radius 1 is 1.32 bits per heavy atom. The van der Waals surface area contributed by atoms with E-state index in [1.54, 1.807) is 16.9 Å². The molecule has 2 aromatic heterocycles. The predicted octanol–water partition coefficient (Wildman–Crippen LogP) is 1.39. The molecular formula is C14H14N4O. The zero-order valence-electron chi connectivity index (χ0n) is 10.6. The van der Waals surface area contributed by atoms with Crippen LogP contribution in [-0.4, -0.2) is 14.8 Å². The van der Waals surface area contributed by atoms with E-state index in [1.807, 2.05) is 31.4 Å². The molecular weight excluding hydrogens is 240 g/mol. The molecule has 0 aliphatic carbocycles. The van der Waals surface area contributed by atoms with Gasteiger partial charge in [-0.2, -0.15) is 5.10 Å². The Morgan fingerprint density at radius 2 is 2.16 bits per heavy atom. The minimum Gasteiger partial charge on any atom is -0.357 e. The van der Waals surface area contributed by atoms with Gasteiger partial charge in [-0.1, -0.05) is 6.07 Å². The monoisotopic (exact) mass is 254 g/mol. The second-order valence-corrected chi connectivity index (χ2v) is 4.53. The van der Waals surface area contributed by atoms with Crippen molar-refractivity contribution in [3.05, 3.63) is 52.6 Å². The fourth-order valence-electron chi connectivity index (χ4n) is 2.16. The Balaban J connectivity index is 2.21. The van der Waals surface area contributed by atoms with E-state index in [4.69, 9.17) is 5.73 Å². The third-order valence-electron chi connectivity index (χ3n) is 3.14. The van der Waals surface area contributed by atoms with Crippen molar-refractivity contribution in [1.29, 1.82) is 0 Å². The van der Waals surface area contributed by atoms with Crippen LogP contribution in [0.3, 0.4) is 0 Å². The van der Waals surface area contributed by atoms with Crippen LogP contribution in [0.4, 0.5) is 0 Å². The van der Waals surface area contributed by atoms with Gasteiger partial charge in [-0.25, -0.2) is 0 Å². The van der Waals surface area contributed by atoms with Gasteiger partial charge in [0.1, 0.15) is 0 Å². The molecule has 19 heavy (non-hydrogen) atoms. The number of H-pyrrole nitrogens is 1. The molecule has 0 fully saturated rings. The van der Waals surface area contributed by atoms with E-state index in [1.165, 1.54) is 0 Å². The Labute approximate surface area is 109 Å². The highest BCUT2D eigenvalue weighted by Gasteiger charge is 2.05. The van der Waals surface area contributed by atoms with Gasteiger partial charge in [0.25, 0.3) is 0 Å². The van der Waals surface area contributed by atoms with Gasteiger partial charge in [0.2, 0.25) is 0 Å². The van der Waals surface area contributed by atoms with E-state index in [9.17, 15) is 4.79 Å². The lowest BCUT2D eigenvalue weighted by atomic mass is 10.1. The molecule has 0 radical (unpaired) electrons. The highest BCUT2D eigenvalue weighted by atomic mass is 16.1. The maximum atomic E-state index is 12.1. The van der Waals surface area contributed by atoms with Crippen molar-refractivity contribution < 1.29 is 0 Å². The number of pyridine rings is 1. The molecule has 0 spiro atoms. The number of aryl methyl sites for hydroxylation is 1. The van der Waals surface area contributed by atoms with Crippen LogP contribution in [0, 0.1) is 0 Å². The molecule has 0 saturated carbocycles. The van der Waals surface area contributed by atoms with Crippen molar-refractivity contribution in [2.45, 2.75) is 6.54 Å². The van der Waals surface area contributed by atoms with E-state index in [-0.39, 0.29) is 5.43 Å². The average molecular weight is 254 g/mol. The minimum absolute atomic E-state index is 0.0139. The second kappa shape index (κ2) is 4.37. The third kappa shape index (κ3) is 2.04. The lowest BCUT2D eigenvalue weighted by Crippen LogP contribution is -2.08. The molecule has 5 heteroatoms. The van der Waals surface area contributed by atoms with Crippen LogP contribution >= 0.6 is 0 Å². The van der Waals surface area contributed by atoms with E-state index < -0.39 is 0 Å². The highest BCUT2D eigenvalue weighted by molar-refractivity contribution is 5.84. The summed E-state index contributed by atoms with van der Waals surface area (Å²) in [7, 11) is 1.87. The van der Waals surface area contributed by atoms with E-state index in [2.05, 4.69) is 10.1 Å². The van der Waals surface area contributed by atoms with Crippen LogP contribution in [0.1, 0.15) is 5.69 Å². The predicted molar refractivity (Wildman–Crippen MR) is 74.7 cm³/mol. The fourth-order valence-corrected chi connectivity index (χ4v) is 2.16. The summed E-state index contributed by atoms with van der Waals surface area (Å²) in [5.41, 5.74) is 9.06. The minimum atomic E-state index is -0.0139.